The van der Waals surface area contributed by atoms with Crippen LogP contribution in [0.25, 0.3) is 0 Å². The minimum atomic E-state index is -4.40. The second kappa shape index (κ2) is 72.0. The third-order valence-corrected chi connectivity index (χ3v) is 16.9. The summed E-state index contributed by atoms with van der Waals surface area (Å²) in [6.45, 7) is 3.64. The summed E-state index contributed by atoms with van der Waals surface area (Å²) >= 11 is 0. The maximum absolute atomic E-state index is 12.7. The Hall–Kier alpha value is -3.07. The number of esters is 2. The van der Waals surface area contributed by atoms with Gasteiger partial charge < -0.3 is 20.1 Å². The third kappa shape index (κ3) is 71.9. The van der Waals surface area contributed by atoms with Gasteiger partial charge in [-0.1, -0.05) is 336 Å². The van der Waals surface area contributed by atoms with Gasteiger partial charge in [-0.3, -0.25) is 18.6 Å². The van der Waals surface area contributed by atoms with Gasteiger partial charge in [0.25, 0.3) is 0 Å². The van der Waals surface area contributed by atoms with Crippen LogP contribution in [0.4, 0.5) is 0 Å². The van der Waals surface area contributed by atoms with E-state index in [2.05, 4.69) is 111 Å². The highest BCUT2D eigenvalue weighted by molar-refractivity contribution is 7.47. The Balaban J connectivity index is 3.80. The fourth-order valence-corrected chi connectivity index (χ4v) is 11.3. The maximum atomic E-state index is 12.7. The molecule has 0 aliphatic carbocycles. The van der Waals surface area contributed by atoms with Crippen LogP contribution in [-0.2, 0) is 32.7 Å². The summed E-state index contributed by atoms with van der Waals surface area (Å²) in [5.74, 6) is -0.836. The minimum Gasteiger partial charge on any atom is -0.462 e. The molecular formula is C77H138NO8P. The summed E-state index contributed by atoms with van der Waals surface area (Å²) in [5, 5.41) is 0. The lowest BCUT2D eigenvalue weighted by molar-refractivity contribution is -0.161. The van der Waals surface area contributed by atoms with Crippen molar-refractivity contribution < 1.29 is 37.6 Å². The van der Waals surface area contributed by atoms with E-state index in [0.29, 0.717) is 6.42 Å². The summed E-state index contributed by atoms with van der Waals surface area (Å²) in [6, 6.07) is 0. The molecule has 0 aliphatic rings. The van der Waals surface area contributed by atoms with Crippen LogP contribution in [0.5, 0.6) is 0 Å². The topological polar surface area (TPSA) is 134 Å². The predicted molar refractivity (Wildman–Crippen MR) is 376 cm³/mol. The molecule has 0 heterocycles. The van der Waals surface area contributed by atoms with Crippen molar-refractivity contribution in [1.82, 2.24) is 0 Å². The Bertz CT molecular complexity index is 1750. The summed E-state index contributed by atoms with van der Waals surface area (Å²) in [7, 11) is -4.40. The molecule has 0 spiro atoms. The van der Waals surface area contributed by atoms with Crippen molar-refractivity contribution in [2.45, 2.75) is 354 Å². The number of phosphoric ester groups is 1. The number of phosphoric acid groups is 1. The Morgan fingerprint density at radius 1 is 0.356 bits per heavy atom. The van der Waals surface area contributed by atoms with Crippen LogP contribution < -0.4 is 5.73 Å². The van der Waals surface area contributed by atoms with Gasteiger partial charge in [0.15, 0.2) is 6.10 Å². The van der Waals surface area contributed by atoms with E-state index in [9.17, 15) is 19.0 Å². The average molecular weight is 1240 g/mol. The van der Waals surface area contributed by atoms with Crippen molar-refractivity contribution >= 4 is 19.8 Å². The van der Waals surface area contributed by atoms with Crippen molar-refractivity contribution in [3.05, 3.63) is 97.2 Å². The average Bonchev–Trinajstić information content (AvgIpc) is 3.64. The molecule has 0 rings (SSSR count). The highest BCUT2D eigenvalue weighted by atomic mass is 31.2. The SMILES string of the molecule is CC/C=C\C/C=C\C/C=C\C/C=C\C/C=C\C/C=C\CCCCCCCCC(=O)OC(COC(=O)CCCCCCCCCCCCCCCCCCCCCCCCCCCCCCC/C=C\C/C=C\CCCCCCC)COP(=O)(O)OCCN. The molecule has 504 valence electrons. The summed E-state index contributed by atoms with van der Waals surface area (Å²) in [4.78, 5) is 35.4. The zero-order chi connectivity index (χ0) is 63.0. The van der Waals surface area contributed by atoms with Gasteiger partial charge in [0.2, 0.25) is 0 Å². The molecule has 3 N–H and O–H groups in total. The van der Waals surface area contributed by atoms with Crippen molar-refractivity contribution in [2.24, 2.45) is 5.73 Å². The van der Waals surface area contributed by atoms with Crippen LogP contribution in [-0.4, -0.2) is 49.3 Å². The number of hydrogen-bond acceptors (Lipinski definition) is 8. The lowest BCUT2D eigenvalue weighted by Crippen LogP contribution is -2.29. The molecule has 0 aromatic carbocycles. The van der Waals surface area contributed by atoms with Crippen LogP contribution in [0.1, 0.15) is 348 Å². The monoisotopic (exact) mass is 1240 g/mol. The van der Waals surface area contributed by atoms with E-state index in [1.165, 1.54) is 212 Å². The standard InChI is InChI=1S/C77H138NO8P/c1-3-5-7-9-11-13-15-17-19-21-23-25-27-29-30-31-32-33-34-35-36-37-38-39-40-41-42-43-44-46-47-49-51-53-55-57-59-61-63-65-67-69-76(79)83-73-75(74-85-87(81,82)84-72-71-78)86-77(80)70-68-66-64-62-60-58-56-54-52-50-48-45-28-26-24-22-20-18-16-14-12-10-8-6-4-2/h6,8,12,14-15,17-18,20-21,23-24,26,45,48,52,54,75H,3-5,7,9-11,13,16,19,22,25,27-44,46-47,49-51,53,55-74,78H2,1-2H3,(H,81,82)/b8-6-,14-12-,17-15-,20-18-,23-21-,26-24-,48-45-,54-52-. The first-order valence-electron chi connectivity index (χ1n) is 36.7. The molecule has 0 saturated heterocycles. The largest absolute Gasteiger partial charge is 0.472 e. The summed E-state index contributed by atoms with van der Waals surface area (Å²) < 4.78 is 33.2. The quantitative estimate of drug-likeness (QED) is 0.0264. The van der Waals surface area contributed by atoms with Gasteiger partial charge >= 0.3 is 19.8 Å². The zero-order valence-corrected chi connectivity index (χ0v) is 57.6. The second-order valence-electron chi connectivity index (χ2n) is 24.4. The molecule has 0 radical (unpaired) electrons. The number of carbonyl (C=O) groups excluding carboxylic acids is 2. The van der Waals surface area contributed by atoms with E-state index in [-0.39, 0.29) is 38.6 Å². The van der Waals surface area contributed by atoms with Gasteiger partial charge in [-0.25, -0.2) is 4.57 Å². The molecule has 0 aromatic heterocycles. The van der Waals surface area contributed by atoms with Gasteiger partial charge in [-0.2, -0.15) is 0 Å². The third-order valence-electron chi connectivity index (χ3n) is 16.0. The van der Waals surface area contributed by atoms with Gasteiger partial charge in [0, 0.05) is 19.4 Å². The van der Waals surface area contributed by atoms with Crippen LogP contribution in [0, 0.1) is 0 Å². The Morgan fingerprint density at radius 3 is 0.943 bits per heavy atom. The van der Waals surface area contributed by atoms with E-state index >= 15 is 0 Å². The van der Waals surface area contributed by atoms with Gasteiger partial charge in [0.05, 0.1) is 13.2 Å². The molecule has 10 heteroatoms. The predicted octanol–water partition coefficient (Wildman–Crippen LogP) is 24.3. The molecular weight excluding hydrogens is 1100 g/mol. The smallest absolute Gasteiger partial charge is 0.462 e. The summed E-state index contributed by atoms with van der Waals surface area (Å²) in [6.07, 6.45) is 98.2. The minimum absolute atomic E-state index is 0.0478. The number of rotatable bonds is 69. The Kier molecular flexibility index (Phi) is 69.5. The van der Waals surface area contributed by atoms with Crippen molar-refractivity contribution in [3.63, 3.8) is 0 Å². The van der Waals surface area contributed by atoms with Gasteiger partial charge in [0.1, 0.15) is 6.61 Å². The van der Waals surface area contributed by atoms with Crippen molar-refractivity contribution in [2.75, 3.05) is 26.4 Å². The number of carbonyl (C=O) groups is 2. The molecule has 0 amide bonds. The van der Waals surface area contributed by atoms with E-state index in [4.69, 9.17) is 24.3 Å². The number of ether oxygens (including phenoxy) is 2. The van der Waals surface area contributed by atoms with E-state index in [0.717, 1.165) is 103 Å². The first-order chi connectivity index (χ1) is 42.8. The van der Waals surface area contributed by atoms with Crippen LogP contribution in [0.2, 0.25) is 0 Å². The summed E-state index contributed by atoms with van der Waals surface area (Å²) in [5.41, 5.74) is 5.40. The highest BCUT2D eigenvalue weighted by Gasteiger charge is 2.26. The van der Waals surface area contributed by atoms with Crippen LogP contribution in [0.3, 0.4) is 0 Å². The van der Waals surface area contributed by atoms with Gasteiger partial charge in [-0.05, 0) is 96.3 Å². The molecule has 0 bridgehead atoms. The molecule has 9 nitrogen and oxygen atoms in total. The lowest BCUT2D eigenvalue weighted by atomic mass is 10.0. The van der Waals surface area contributed by atoms with Gasteiger partial charge in [-0.15, -0.1) is 0 Å². The first-order valence-corrected chi connectivity index (χ1v) is 38.2. The number of unbranched alkanes of at least 4 members (excludes halogenated alkanes) is 40. The van der Waals surface area contributed by atoms with E-state index in [1.54, 1.807) is 0 Å². The normalized spacial score (nSPS) is 13.5. The molecule has 0 aliphatic heterocycles. The fraction of sp³-hybridized carbons (Fsp3) is 0.766. The Morgan fingerprint density at radius 2 is 0.632 bits per heavy atom. The zero-order valence-electron chi connectivity index (χ0n) is 56.7. The highest BCUT2D eigenvalue weighted by Crippen LogP contribution is 2.43. The van der Waals surface area contributed by atoms with Crippen LogP contribution in [0.15, 0.2) is 97.2 Å². The molecule has 0 aromatic rings. The van der Waals surface area contributed by atoms with Crippen molar-refractivity contribution in [1.29, 1.82) is 0 Å². The molecule has 2 atom stereocenters. The second-order valence-corrected chi connectivity index (χ2v) is 25.9. The first kappa shape index (κ1) is 83.9. The number of nitrogens with two attached hydrogens (primary N) is 1. The molecule has 0 saturated carbocycles. The molecule has 2 unspecified atom stereocenters. The van der Waals surface area contributed by atoms with Crippen LogP contribution >= 0.6 is 7.82 Å². The molecule has 0 fully saturated rings. The van der Waals surface area contributed by atoms with Crippen molar-refractivity contribution in [3.8, 4) is 0 Å². The Labute approximate surface area is 537 Å². The lowest BCUT2D eigenvalue weighted by Gasteiger charge is -2.19. The molecule has 87 heavy (non-hydrogen) atoms. The fourth-order valence-electron chi connectivity index (χ4n) is 10.6. The number of hydrogen-bond donors (Lipinski definition) is 2. The number of allylic oxidation sites excluding steroid dienone is 16. The maximum Gasteiger partial charge on any atom is 0.472 e. The van der Waals surface area contributed by atoms with E-state index in [1.807, 2.05) is 0 Å². The van der Waals surface area contributed by atoms with E-state index < -0.39 is 26.5 Å².